The molecule has 0 unspecified atom stereocenters. The quantitative estimate of drug-likeness (QED) is 0.902. The topological polar surface area (TPSA) is 51.2 Å². The van der Waals surface area contributed by atoms with E-state index in [9.17, 15) is 9.18 Å². The average Bonchev–Trinajstić information content (AvgIpc) is 2.94. The summed E-state index contributed by atoms with van der Waals surface area (Å²) in [4.78, 5) is 15.8. The van der Waals surface area contributed by atoms with Crippen molar-refractivity contribution in [3.05, 3.63) is 28.2 Å². The van der Waals surface area contributed by atoms with Gasteiger partial charge in [0.05, 0.1) is 5.54 Å². The summed E-state index contributed by atoms with van der Waals surface area (Å²) in [5, 5.41) is 2.72. The van der Waals surface area contributed by atoms with E-state index in [1.807, 2.05) is 0 Å². The van der Waals surface area contributed by atoms with Crippen molar-refractivity contribution in [2.24, 2.45) is 0 Å². The molecule has 1 aliphatic carbocycles. The fourth-order valence-electron chi connectivity index (χ4n) is 1.81. The third-order valence-electron chi connectivity index (χ3n) is 2.75. The molecule has 1 N–H and O–H groups in total. The standard InChI is InChI=1S/C13H16BrFN2O2/c1-12(2,3)19-11(18)17-13(4-5-13)10-9(15)6-8(14)7-16-10/h6-7H,4-5H2,1-3H3,(H,17,18). The van der Waals surface area contributed by atoms with Gasteiger partial charge < -0.3 is 10.1 Å². The fraction of sp³-hybridized carbons (Fsp3) is 0.538. The minimum atomic E-state index is -0.715. The van der Waals surface area contributed by atoms with Crippen LogP contribution in [0.1, 0.15) is 39.3 Å². The van der Waals surface area contributed by atoms with E-state index in [1.165, 1.54) is 12.3 Å². The van der Waals surface area contributed by atoms with Crippen molar-refractivity contribution in [1.82, 2.24) is 10.3 Å². The number of nitrogens with zero attached hydrogens (tertiary/aromatic N) is 1. The highest BCUT2D eigenvalue weighted by Crippen LogP contribution is 2.45. The van der Waals surface area contributed by atoms with Gasteiger partial charge >= 0.3 is 6.09 Å². The summed E-state index contributed by atoms with van der Waals surface area (Å²) in [6.45, 7) is 5.35. The van der Waals surface area contributed by atoms with Gasteiger partial charge in [0.1, 0.15) is 17.1 Å². The molecule has 0 radical (unpaired) electrons. The smallest absolute Gasteiger partial charge is 0.408 e. The molecule has 1 saturated carbocycles. The van der Waals surface area contributed by atoms with Gasteiger partial charge in [-0.1, -0.05) is 0 Å². The second-order valence-electron chi connectivity index (χ2n) is 5.69. The van der Waals surface area contributed by atoms with Crippen LogP contribution >= 0.6 is 15.9 Å². The Kier molecular flexibility index (Phi) is 3.55. The Morgan fingerprint density at radius 3 is 2.63 bits per heavy atom. The number of hydrogen-bond acceptors (Lipinski definition) is 3. The molecule has 2 rings (SSSR count). The van der Waals surface area contributed by atoms with Crippen molar-refractivity contribution < 1.29 is 13.9 Å². The molecule has 0 atom stereocenters. The highest BCUT2D eigenvalue weighted by atomic mass is 79.9. The van der Waals surface area contributed by atoms with Crippen LogP contribution in [0.15, 0.2) is 16.7 Å². The van der Waals surface area contributed by atoms with Crippen LogP contribution in [0.4, 0.5) is 9.18 Å². The summed E-state index contributed by atoms with van der Waals surface area (Å²) >= 11 is 3.16. The van der Waals surface area contributed by atoms with Crippen LogP contribution < -0.4 is 5.32 Å². The van der Waals surface area contributed by atoms with Gasteiger partial charge in [0.15, 0.2) is 0 Å². The van der Waals surface area contributed by atoms with Crippen LogP contribution in [0.2, 0.25) is 0 Å². The number of pyridine rings is 1. The number of rotatable bonds is 2. The molecular formula is C13H16BrFN2O2. The van der Waals surface area contributed by atoms with Gasteiger partial charge in [-0.25, -0.2) is 9.18 Å². The van der Waals surface area contributed by atoms with E-state index < -0.39 is 23.1 Å². The normalized spacial score (nSPS) is 16.9. The van der Waals surface area contributed by atoms with Crippen LogP contribution in [-0.2, 0) is 10.3 Å². The minimum Gasteiger partial charge on any atom is -0.444 e. The highest BCUT2D eigenvalue weighted by molar-refractivity contribution is 9.10. The third-order valence-corrected chi connectivity index (χ3v) is 3.18. The molecule has 0 saturated heterocycles. The molecule has 0 aromatic carbocycles. The molecule has 19 heavy (non-hydrogen) atoms. The highest BCUT2D eigenvalue weighted by Gasteiger charge is 2.49. The Morgan fingerprint density at radius 1 is 1.53 bits per heavy atom. The molecule has 1 aliphatic rings. The molecule has 1 aromatic heterocycles. The Hall–Kier alpha value is -1.17. The molecule has 1 aromatic rings. The summed E-state index contributed by atoms with van der Waals surface area (Å²) in [7, 11) is 0. The lowest BCUT2D eigenvalue weighted by atomic mass is 10.1. The van der Waals surface area contributed by atoms with Crippen molar-refractivity contribution in [3.8, 4) is 0 Å². The first-order valence-electron chi connectivity index (χ1n) is 6.05. The molecule has 0 aliphatic heterocycles. The van der Waals surface area contributed by atoms with E-state index in [0.717, 1.165) is 0 Å². The minimum absolute atomic E-state index is 0.265. The van der Waals surface area contributed by atoms with Crippen molar-refractivity contribution in [1.29, 1.82) is 0 Å². The van der Waals surface area contributed by atoms with Crippen molar-refractivity contribution in [2.75, 3.05) is 0 Å². The predicted molar refractivity (Wildman–Crippen MR) is 72.2 cm³/mol. The van der Waals surface area contributed by atoms with Crippen molar-refractivity contribution >= 4 is 22.0 Å². The molecule has 104 valence electrons. The van der Waals surface area contributed by atoms with Gasteiger partial charge in [0.2, 0.25) is 0 Å². The predicted octanol–water partition coefficient (Wildman–Crippen LogP) is 3.50. The van der Waals surface area contributed by atoms with E-state index in [1.54, 1.807) is 20.8 Å². The lowest BCUT2D eigenvalue weighted by Crippen LogP contribution is -2.40. The first-order valence-corrected chi connectivity index (χ1v) is 6.84. The Bertz CT molecular complexity index is 510. The van der Waals surface area contributed by atoms with Crippen molar-refractivity contribution in [2.45, 2.75) is 44.8 Å². The Labute approximate surface area is 119 Å². The number of carbonyl (C=O) groups is 1. The number of nitrogens with one attached hydrogen (secondary N) is 1. The monoisotopic (exact) mass is 330 g/mol. The maximum atomic E-state index is 13.9. The van der Waals surface area contributed by atoms with Gasteiger partial charge in [-0.2, -0.15) is 0 Å². The van der Waals surface area contributed by atoms with E-state index in [-0.39, 0.29) is 5.69 Å². The fourth-order valence-corrected chi connectivity index (χ4v) is 2.12. The van der Waals surface area contributed by atoms with E-state index in [0.29, 0.717) is 17.3 Å². The largest absolute Gasteiger partial charge is 0.444 e. The van der Waals surface area contributed by atoms with Crippen molar-refractivity contribution in [3.63, 3.8) is 0 Å². The van der Waals surface area contributed by atoms with Crippen LogP contribution in [0, 0.1) is 5.82 Å². The van der Waals surface area contributed by atoms with E-state index in [2.05, 4.69) is 26.2 Å². The number of aromatic nitrogens is 1. The lowest BCUT2D eigenvalue weighted by molar-refractivity contribution is 0.0493. The van der Waals surface area contributed by atoms with Gasteiger partial charge in [-0.05, 0) is 55.6 Å². The summed E-state index contributed by atoms with van der Waals surface area (Å²) in [5.74, 6) is -0.428. The second kappa shape index (κ2) is 4.74. The van der Waals surface area contributed by atoms with Crippen LogP contribution in [0.3, 0.4) is 0 Å². The number of alkyl carbamates (subject to hydrolysis) is 1. The maximum absolute atomic E-state index is 13.9. The summed E-state index contributed by atoms with van der Waals surface area (Å²) in [6, 6.07) is 1.35. The SMILES string of the molecule is CC(C)(C)OC(=O)NC1(c2ncc(Br)cc2F)CC1. The molecule has 4 nitrogen and oxygen atoms in total. The van der Waals surface area contributed by atoms with E-state index in [4.69, 9.17) is 4.74 Å². The molecule has 0 bridgehead atoms. The summed E-state index contributed by atoms with van der Waals surface area (Å²) in [6.07, 6.45) is 2.30. The molecular weight excluding hydrogens is 315 g/mol. The molecule has 6 heteroatoms. The maximum Gasteiger partial charge on any atom is 0.408 e. The zero-order valence-electron chi connectivity index (χ0n) is 11.1. The van der Waals surface area contributed by atoms with Gasteiger partial charge in [-0.15, -0.1) is 0 Å². The Morgan fingerprint density at radius 2 is 2.16 bits per heavy atom. The third kappa shape index (κ3) is 3.43. The molecule has 1 amide bonds. The van der Waals surface area contributed by atoms with Crippen LogP contribution in [-0.4, -0.2) is 16.7 Å². The van der Waals surface area contributed by atoms with Crippen LogP contribution in [0.5, 0.6) is 0 Å². The first kappa shape index (κ1) is 14.2. The lowest BCUT2D eigenvalue weighted by Gasteiger charge is -2.23. The van der Waals surface area contributed by atoms with Gasteiger partial charge in [0, 0.05) is 10.7 Å². The zero-order valence-corrected chi connectivity index (χ0v) is 12.7. The van der Waals surface area contributed by atoms with Crippen LogP contribution in [0.25, 0.3) is 0 Å². The average molecular weight is 331 g/mol. The number of ether oxygens (including phenoxy) is 1. The summed E-state index contributed by atoms with van der Waals surface area (Å²) < 4.78 is 19.7. The Balaban J connectivity index is 2.13. The number of amides is 1. The zero-order chi connectivity index (χ0) is 14.3. The number of carbonyl (C=O) groups excluding carboxylic acids is 1. The summed E-state index contributed by atoms with van der Waals surface area (Å²) in [5.41, 5.74) is -1.03. The number of hydrogen-bond donors (Lipinski definition) is 1. The molecule has 0 spiro atoms. The second-order valence-corrected chi connectivity index (χ2v) is 6.61. The number of halogens is 2. The first-order chi connectivity index (χ1) is 8.72. The molecule has 1 fully saturated rings. The van der Waals surface area contributed by atoms with Gasteiger partial charge in [-0.3, -0.25) is 4.98 Å². The van der Waals surface area contributed by atoms with E-state index >= 15 is 0 Å². The van der Waals surface area contributed by atoms with Gasteiger partial charge in [0.25, 0.3) is 0 Å². The molecule has 1 heterocycles.